The summed E-state index contributed by atoms with van der Waals surface area (Å²) in [5, 5.41) is 7.45. The van der Waals surface area contributed by atoms with Crippen LogP contribution in [0.1, 0.15) is 26.3 Å². The standard InChI is InChI=1S/C14H24N4O2/c1-4-17-9-12(7-16-17)10-18(11(2)3)14(19)13-8-15-5-6-20-13/h7,9,11,13,15H,4-6,8,10H2,1-3H3. The molecule has 1 aliphatic rings. The van der Waals surface area contributed by atoms with Gasteiger partial charge in [-0.3, -0.25) is 9.48 Å². The maximum absolute atomic E-state index is 12.6. The van der Waals surface area contributed by atoms with Crippen molar-refractivity contribution in [3.8, 4) is 0 Å². The van der Waals surface area contributed by atoms with E-state index in [4.69, 9.17) is 4.74 Å². The molecule has 1 aromatic heterocycles. The van der Waals surface area contributed by atoms with E-state index in [2.05, 4.69) is 10.4 Å². The van der Waals surface area contributed by atoms with Crippen molar-refractivity contribution in [3.63, 3.8) is 0 Å². The molecule has 1 saturated heterocycles. The van der Waals surface area contributed by atoms with E-state index in [0.717, 1.165) is 18.7 Å². The van der Waals surface area contributed by atoms with E-state index >= 15 is 0 Å². The van der Waals surface area contributed by atoms with Crippen molar-refractivity contribution in [2.45, 2.75) is 46.0 Å². The molecule has 1 unspecified atom stereocenters. The highest BCUT2D eigenvalue weighted by Gasteiger charge is 2.28. The summed E-state index contributed by atoms with van der Waals surface area (Å²) < 4.78 is 7.43. The van der Waals surface area contributed by atoms with Gasteiger partial charge in [-0.15, -0.1) is 0 Å². The summed E-state index contributed by atoms with van der Waals surface area (Å²) in [4.78, 5) is 14.4. The molecule has 1 N–H and O–H groups in total. The normalized spacial score (nSPS) is 19.3. The Labute approximate surface area is 120 Å². The van der Waals surface area contributed by atoms with Gasteiger partial charge in [-0.05, 0) is 20.8 Å². The van der Waals surface area contributed by atoms with Crippen LogP contribution in [0.3, 0.4) is 0 Å². The van der Waals surface area contributed by atoms with Crippen molar-refractivity contribution in [2.75, 3.05) is 19.7 Å². The number of carbonyl (C=O) groups is 1. The Morgan fingerprint density at radius 2 is 2.45 bits per heavy atom. The second-order valence-corrected chi connectivity index (χ2v) is 5.33. The number of carbonyl (C=O) groups excluding carboxylic acids is 1. The van der Waals surface area contributed by atoms with Gasteiger partial charge in [-0.25, -0.2) is 0 Å². The number of nitrogens with zero attached hydrogens (tertiary/aromatic N) is 3. The highest BCUT2D eigenvalue weighted by Crippen LogP contribution is 2.12. The lowest BCUT2D eigenvalue weighted by Gasteiger charge is -2.32. The number of ether oxygens (including phenoxy) is 1. The van der Waals surface area contributed by atoms with Crippen LogP contribution in [0, 0.1) is 0 Å². The van der Waals surface area contributed by atoms with Crippen molar-refractivity contribution in [1.29, 1.82) is 0 Å². The number of aromatic nitrogens is 2. The molecule has 1 fully saturated rings. The SMILES string of the molecule is CCn1cc(CN(C(=O)C2CNCCO2)C(C)C)cn1. The number of aryl methyl sites for hydroxylation is 1. The van der Waals surface area contributed by atoms with Gasteiger partial charge in [0.1, 0.15) is 6.10 Å². The van der Waals surface area contributed by atoms with Gasteiger partial charge in [0, 0.05) is 44.0 Å². The van der Waals surface area contributed by atoms with Crippen molar-refractivity contribution >= 4 is 5.91 Å². The number of nitrogens with one attached hydrogen (secondary N) is 1. The molecule has 1 atom stereocenters. The topological polar surface area (TPSA) is 59.4 Å². The Morgan fingerprint density at radius 3 is 3.00 bits per heavy atom. The largest absolute Gasteiger partial charge is 0.366 e. The van der Waals surface area contributed by atoms with Crippen LogP contribution in [0.4, 0.5) is 0 Å². The molecule has 0 aliphatic carbocycles. The predicted molar refractivity (Wildman–Crippen MR) is 76.2 cm³/mol. The zero-order chi connectivity index (χ0) is 14.5. The average molecular weight is 280 g/mol. The Kier molecular flexibility index (Phi) is 5.14. The smallest absolute Gasteiger partial charge is 0.253 e. The molecule has 112 valence electrons. The fraction of sp³-hybridized carbons (Fsp3) is 0.714. The molecule has 2 rings (SSSR count). The second-order valence-electron chi connectivity index (χ2n) is 5.33. The van der Waals surface area contributed by atoms with Crippen LogP contribution in [-0.4, -0.2) is 52.4 Å². The van der Waals surface area contributed by atoms with E-state index in [1.54, 1.807) is 0 Å². The van der Waals surface area contributed by atoms with Gasteiger partial charge in [0.25, 0.3) is 5.91 Å². The number of hydrogen-bond acceptors (Lipinski definition) is 4. The van der Waals surface area contributed by atoms with E-state index in [1.807, 2.05) is 42.7 Å². The summed E-state index contributed by atoms with van der Waals surface area (Å²) in [6.45, 7) is 9.52. The first-order valence-electron chi connectivity index (χ1n) is 7.26. The summed E-state index contributed by atoms with van der Waals surface area (Å²) in [6.07, 6.45) is 3.45. The van der Waals surface area contributed by atoms with Crippen LogP contribution in [0.2, 0.25) is 0 Å². The zero-order valence-corrected chi connectivity index (χ0v) is 12.5. The van der Waals surface area contributed by atoms with E-state index in [0.29, 0.717) is 19.7 Å². The van der Waals surface area contributed by atoms with Gasteiger partial charge in [0.2, 0.25) is 0 Å². The molecule has 0 aromatic carbocycles. The monoisotopic (exact) mass is 280 g/mol. The molecule has 6 heteroatoms. The molecule has 1 aromatic rings. The lowest BCUT2D eigenvalue weighted by Crippen LogP contribution is -2.50. The Balaban J connectivity index is 2.03. The second kappa shape index (κ2) is 6.85. The minimum absolute atomic E-state index is 0.0523. The van der Waals surface area contributed by atoms with Crippen molar-refractivity contribution in [2.24, 2.45) is 0 Å². The molecular formula is C14H24N4O2. The van der Waals surface area contributed by atoms with E-state index in [-0.39, 0.29) is 18.1 Å². The van der Waals surface area contributed by atoms with Crippen LogP contribution in [-0.2, 0) is 22.6 Å². The molecule has 20 heavy (non-hydrogen) atoms. The number of morpholine rings is 1. The molecule has 0 radical (unpaired) electrons. The first kappa shape index (κ1) is 15.0. The fourth-order valence-electron chi connectivity index (χ4n) is 2.28. The highest BCUT2D eigenvalue weighted by molar-refractivity contribution is 5.81. The maximum Gasteiger partial charge on any atom is 0.253 e. The predicted octanol–water partition coefficient (Wildman–Crippen LogP) is 0.628. The molecule has 1 amide bonds. The lowest BCUT2D eigenvalue weighted by atomic mass is 10.2. The average Bonchev–Trinajstić information content (AvgIpc) is 2.92. The van der Waals surface area contributed by atoms with Crippen LogP contribution in [0.15, 0.2) is 12.4 Å². The van der Waals surface area contributed by atoms with Crippen LogP contribution < -0.4 is 5.32 Å². The molecule has 2 heterocycles. The Hall–Kier alpha value is -1.40. The fourth-order valence-corrected chi connectivity index (χ4v) is 2.28. The Morgan fingerprint density at radius 1 is 1.65 bits per heavy atom. The third-order valence-corrected chi connectivity index (χ3v) is 3.47. The third-order valence-electron chi connectivity index (χ3n) is 3.47. The first-order chi connectivity index (χ1) is 9.61. The zero-order valence-electron chi connectivity index (χ0n) is 12.5. The first-order valence-corrected chi connectivity index (χ1v) is 7.26. The van der Waals surface area contributed by atoms with Gasteiger partial charge >= 0.3 is 0 Å². The summed E-state index contributed by atoms with van der Waals surface area (Å²) in [6, 6.07) is 0.137. The van der Waals surface area contributed by atoms with Gasteiger partial charge in [-0.1, -0.05) is 0 Å². The van der Waals surface area contributed by atoms with Crippen molar-refractivity contribution in [1.82, 2.24) is 20.0 Å². The quantitative estimate of drug-likeness (QED) is 0.859. The van der Waals surface area contributed by atoms with Crippen LogP contribution in [0.5, 0.6) is 0 Å². The summed E-state index contributed by atoms with van der Waals surface area (Å²) in [7, 11) is 0. The minimum Gasteiger partial charge on any atom is -0.366 e. The maximum atomic E-state index is 12.6. The molecular weight excluding hydrogens is 256 g/mol. The number of hydrogen-bond donors (Lipinski definition) is 1. The summed E-state index contributed by atoms with van der Waals surface area (Å²) in [5.41, 5.74) is 1.05. The minimum atomic E-state index is -0.368. The lowest BCUT2D eigenvalue weighted by molar-refractivity contribution is -0.147. The third kappa shape index (κ3) is 3.58. The van der Waals surface area contributed by atoms with Gasteiger partial charge < -0.3 is 15.0 Å². The number of rotatable bonds is 5. The summed E-state index contributed by atoms with van der Waals surface area (Å²) in [5.74, 6) is 0.0523. The van der Waals surface area contributed by atoms with E-state index < -0.39 is 0 Å². The molecule has 0 spiro atoms. The van der Waals surface area contributed by atoms with Crippen LogP contribution in [0.25, 0.3) is 0 Å². The summed E-state index contributed by atoms with van der Waals surface area (Å²) >= 11 is 0. The van der Waals surface area contributed by atoms with Gasteiger partial charge in [0.15, 0.2) is 0 Å². The van der Waals surface area contributed by atoms with E-state index in [9.17, 15) is 4.79 Å². The van der Waals surface area contributed by atoms with Crippen LogP contribution >= 0.6 is 0 Å². The van der Waals surface area contributed by atoms with Crippen molar-refractivity contribution < 1.29 is 9.53 Å². The van der Waals surface area contributed by atoms with Crippen molar-refractivity contribution in [3.05, 3.63) is 18.0 Å². The Bertz CT molecular complexity index is 438. The highest BCUT2D eigenvalue weighted by atomic mass is 16.5. The molecule has 0 saturated carbocycles. The molecule has 1 aliphatic heterocycles. The number of amides is 1. The van der Waals surface area contributed by atoms with Gasteiger partial charge in [-0.2, -0.15) is 5.10 Å². The molecule has 0 bridgehead atoms. The molecule has 6 nitrogen and oxygen atoms in total. The van der Waals surface area contributed by atoms with E-state index in [1.165, 1.54) is 0 Å². The van der Waals surface area contributed by atoms with Gasteiger partial charge in [0.05, 0.1) is 12.8 Å².